The molecule has 0 bridgehead atoms. The maximum Gasteiger partial charge on any atom is 0.241 e. The highest BCUT2D eigenvalue weighted by molar-refractivity contribution is 5.94. The molecule has 1 rings (SSSR count). The Hall–Kier alpha value is -1.81. The minimum atomic E-state index is -0.231. The first kappa shape index (κ1) is 15.2. The Balaban J connectivity index is 2.28. The molecule has 0 aliphatic heterocycles. The average Bonchev–Trinajstić information content (AvgIpc) is 2.41. The number of rotatable bonds is 8. The van der Waals surface area contributed by atoms with E-state index in [1.165, 1.54) is 11.8 Å². The molecule has 0 fully saturated rings. The van der Waals surface area contributed by atoms with E-state index < -0.39 is 0 Å². The fraction of sp³-hybridized carbons (Fsp3) is 0.400. The molecule has 0 saturated heterocycles. The zero-order valence-electron chi connectivity index (χ0n) is 11.6. The van der Waals surface area contributed by atoms with Crippen molar-refractivity contribution >= 4 is 11.6 Å². The molecule has 0 heterocycles. The van der Waals surface area contributed by atoms with Crippen molar-refractivity contribution in [1.82, 2.24) is 5.32 Å². The maximum absolute atomic E-state index is 11.9. The Kier molecular flexibility index (Phi) is 6.68. The Bertz CT molecular complexity index is 401. The summed E-state index contributed by atoms with van der Waals surface area (Å²) in [5.41, 5.74) is 1.99. The summed E-state index contributed by atoms with van der Waals surface area (Å²) < 4.78 is 5.01. The highest BCUT2D eigenvalue weighted by Gasteiger charge is 2.11. The molecule has 4 nitrogen and oxygen atoms in total. The quantitative estimate of drug-likeness (QED) is 0.559. The number of nitrogens with one attached hydrogen (secondary N) is 2. The molecule has 0 aromatic heterocycles. The summed E-state index contributed by atoms with van der Waals surface area (Å²) in [4.78, 5) is 11.9. The van der Waals surface area contributed by atoms with Gasteiger partial charge in [-0.15, -0.1) is 0 Å². The second-order valence-corrected chi connectivity index (χ2v) is 4.42. The third kappa shape index (κ3) is 6.06. The van der Waals surface area contributed by atoms with E-state index >= 15 is 0 Å². The van der Waals surface area contributed by atoms with Gasteiger partial charge in [0.1, 0.15) is 0 Å². The summed E-state index contributed by atoms with van der Waals surface area (Å²) in [6, 6.07) is 7.51. The van der Waals surface area contributed by atoms with Gasteiger partial charge < -0.3 is 15.4 Å². The van der Waals surface area contributed by atoms with Crippen molar-refractivity contribution in [2.24, 2.45) is 0 Å². The predicted molar refractivity (Wildman–Crippen MR) is 78.0 cm³/mol. The van der Waals surface area contributed by atoms with Gasteiger partial charge in [0, 0.05) is 5.69 Å². The molecular weight excluding hydrogens is 240 g/mol. The van der Waals surface area contributed by atoms with Crippen molar-refractivity contribution in [3.05, 3.63) is 42.7 Å². The number of aryl methyl sites for hydroxylation is 1. The molecule has 0 saturated carbocycles. The highest BCUT2D eigenvalue weighted by Crippen LogP contribution is 2.08. The lowest BCUT2D eigenvalue weighted by molar-refractivity contribution is -0.117. The van der Waals surface area contributed by atoms with Crippen LogP contribution in [0.2, 0.25) is 0 Å². The monoisotopic (exact) mass is 262 g/mol. The van der Waals surface area contributed by atoms with Crippen LogP contribution in [0, 0.1) is 6.92 Å². The number of carbonyl (C=O) groups is 1. The molecule has 2 N–H and O–H groups in total. The molecule has 0 aliphatic rings. The van der Waals surface area contributed by atoms with Crippen LogP contribution >= 0.6 is 0 Å². The summed E-state index contributed by atoms with van der Waals surface area (Å²) in [5, 5.41) is 6.02. The second kappa shape index (κ2) is 8.32. The van der Waals surface area contributed by atoms with Gasteiger partial charge in [-0.25, -0.2) is 0 Å². The summed E-state index contributed by atoms with van der Waals surface area (Å²) in [6.45, 7) is 8.67. The lowest BCUT2D eigenvalue weighted by atomic mass is 10.2. The third-order valence-electron chi connectivity index (χ3n) is 2.72. The molecule has 0 aliphatic carbocycles. The Morgan fingerprint density at radius 1 is 1.42 bits per heavy atom. The maximum atomic E-state index is 11.9. The van der Waals surface area contributed by atoms with Gasteiger partial charge in [-0.05, 0) is 38.9 Å². The largest absolute Gasteiger partial charge is 0.502 e. The van der Waals surface area contributed by atoms with E-state index in [2.05, 4.69) is 17.2 Å². The van der Waals surface area contributed by atoms with Crippen LogP contribution in [0.1, 0.15) is 18.9 Å². The lowest BCUT2D eigenvalue weighted by Gasteiger charge is -2.14. The van der Waals surface area contributed by atoms with Crippen molar-refractivity contribution in [1.29, 1.82) is 0 Å². The van der Waals surface area contributed by atoms with Crippen LogP contribution in [-0.4, -0.2) is 25.1 Å². The van der Waals surface area contributed by atoms with Crippen LogP contribution in [0.4, 0.5) is 5.69 Å². The Morgan fingerprint density at radius 3 is 2.74 bits per heavy atom. The first-order valence-corrected chi connectivity index (χ1v) is 6.47. The zero-order chi connectivity index (χ0) is 14.1. The fourth-order valence-electron chi connectivity index (χ4n) is 1.54. The molecule has 0 unspecified atom stereocenters. The molecular formula is C15H22N2O2. The highest BCUT2D eigenvalue weighted by atomic mass is 16.5. The molecule has 0 spiro atoms. The number of hydrogen-bond donors (Lipinski definition) is 2. The molecule has 0 radical (unpaired) electrons. The van der Waals surface area contributed by atoms with E-state index in [0.29, 0.717) is 6.61 Å². The molecule has 1 amide bonds. The number of anilines is 1. The number of amides is 1. The molecule has 1 aromatic rings. The summed E-state index contributed by atoms with van der Waals surface area (Å²) in [7, 11) is 0. The predicted octanol–water partition coefficient (Wildman–Crippen LogP) is 2.46. The van der Waals surface area contributed by atoms with E-state index in [1.54, 1.807) is 0 Å². The van der Waals surface area contributed by atoms with Crippen LogP contribution in [0.3, 0.4) is 0 Å². The van der Waals surface area contributed by atoms with Crippen LogP contribution < -0.4 is 10.6 Å². The fourth-order valence-corrected chi connectivity index (χ4v) is 1.54. The van der Waals surface area contributed by atoms with Crippen LogP contribution in [0.5, 0.6) is 0 Å². The van der Waals surface area contributed by atoms with Gasteiger partial charge in [-0.2, -0.15) is 0 Å². The zero-order valence-corrected chi connectivity index (χ0v) is 11.6. The molecule has 1 atom stereocenters. The molecule has 4 heteroatoms. The first-order valence-electron chi connectivity index (χ1n) is 6.47. The van der Waals surface area contributed by atoms with Gasteiger partial charge in [0.05, 0.1) is 18.9 Å². The molecule has 19 heavy (non-hydrogen) atoms. The van der Waals surface area contributed by atoms with E-state index in [1.807, 2.05) is 38.1 Å². The van der Waals surface area contributed by atoms with Crippen LogP contribution in [0.25, 0.3) is 0 Å². The van der Waals surface area contributed by atoms with Crippen LogP contribution in [-0.2, 0) is 9.53 Å². The van der Waals surface area contributed by atoms with Crippen molar-refractivity contribution in [2.45, 2.75) is 26.3 Å². The minimum Gasteiger partial charge on any atom is -0.502 e. The number of hydrogen-bond acceptors (Lipinski definition) is 3. The third-order valence-corrected chi connectivity index (χ3v) is 2.72. The van der Waals surface area contributed by atoms with Gasteiger partial charge in [-0.1, -0.05) is 24.3 Å². The van der Waals surface area contributed by atoms with E-state index in [4.69, 9.17) is 4.74 Å². The molecule has 1 aromatic carbocycles. The van der Waals surface area contributed by atoms with E-state index in [9.17, 15) is 4.79 Å². The number of carbonyl (C=O) groups excluding carboxylic acids is 1. The number of benzene rings is 1. The van der Waals surface area contributed by atoms with Gasteiger partial charge >= 0.3 is 0 Å². The number of ether oxygens (including phenoxy) is 1. The lowest BCUT2D eigenvalue weighted by Crippen LogP contribution is -2.38. The topological polar surface area (TPSA) is 50.4 Å². The normalized spacial score (nSPS) is 11.7. The van der Waals surface area contributed by atoms with Crippen molar-refractivity contribution in [3.63, 3.8) is 0 Å². The summed E-state index contributed by atoms with van der Waals surface area (Å²) >= 11 is 0. The van der Waals surface area contributed by atoms with E-state index in [-0.39, 0.29) is 11.9 Å². The van der Waals surface area contributed by atoms with Crippen molar-refractivity contribution in [2.75, 3.05) is 18.5 Å². The average molecular weight is 262 g/mol. The first-order chi connectivity index (χ1) is 9.13. The Labute approximate surface area is 114 Å². The second-order valence-electron chi connectivity index (χ2n) is 4.42. The van der Waals surface area contributed by atoms with E-state index in [0.717, 1.165) is 18.7 Å². The summed E-state index contributed by atoms with van der Waals surface area (Å²) in [6.07, 6.45) is 2.27. The van der Waals surface area contributed by atoms with Crippen molar-refractivity contribution < 1.29 is 9.53 Å². The van der Waals surface area contributed by atoms with Gasteiger partial charge in [0.2, 0.25) is 5.91 Å². The smallest absolute Gasteiger partial charge is 0.241 e. The van der Waals surface area contributed by atoms with Crippen LogP contribution in [0.15, 0.2) is 37.1 Å². The SMILES string of the molecule is C=COCCCN[C@H](C)C(=O)Nc1ccc(C)cc1. The van der Waals surface area contributed by atoms with Gasteiger partial charge in [0.25, 0.3) is 0 Å². The van der Waals surface area contributed by atoms with Crippen molar-refractivity contribution in [3.8, 4) is 0 Å². The Morgan fingerprint density at radius 2 is 2.11 bits per heavy atom. The standard InChI is InChI=1S/C15H22N2O2/c1-4-19-11-5-10-16-13(3)15(18)17-14-8-6-12(2)7-9-14/h4,6-9,13,16H,1,5,10-11H2,2-3H3,(H,17,18)/t13-/m1/s1. The minimum absolute atomic E-state index is 0.0338. The summed E-state index contributed by atoms with van der Waals surface area (Å²) in [5.74, 6) is -0.0338. The molecule has 104 valence electrons. The van der Waals surface area contributed by atoms with Gasteiger partial charge in [-0.3, -0.25) is 4.79 Å². The van der Waals surface area contributed by atoms with Gasteiger partial charge in [0.15, 0.2) is 0 Å².